The van der Waals surface area contributed by atoms with Gasteiger partial charge in [0.05, 0.1) is 21.8 Å². The quantitative estimate of drug-likeness (QED) is 0.499. The van der Waals surface area contributed by atoms with Gasteiger partial charge < -0.3 is 4.90 Å². The highest BCUT2D eigenvalue weighted by molar-refractivity contribution is 6.34. The van der Waals surface area contributed by atoms with Crippen LogP contribution in [0.4, 0.5) is 5.69 Å². The molecule has 0 saturated heterocycles. The maximum atomic E-state index is 12.2. The molecule has 28 heavy (non-hydrogen) atoms. The van der Waals surface area contributed by atoms with Crippen LogP contribution in [0.25, 0.3) is 0 Å². The predicted molar refractivity (Wildman–Crippen MR) is 118 cm³/mol. The zero-order chi connectivity index (χ0) is 20.5. The molecule has 0 radical (unpaired) electrons. The molecular formula is C22H25Cl2N3O. The molecule has 0 aliphatic carbocycles. The summed E-state index contributed by atoms with van der Waals surface area (Å²) in [5.74, 6) is 0.0538. The highest BCUT2D eigenvalue weighted by Gasteiger charge is 2.35. The summed E-state index contributed by atoms with van der Waals surface area (Å²) in [6.07, 6.45) is 2.65. The van der Waals surface area contributed by atoms with Crippen LogP contribution in [0.2, 0.25) is 10.0 Å². The fourth-order valence-corrected chi connectivity index (χ4v) is 4.51. The Balaban J connectivity index is 1.84. The molecular weight excluding hydrogens is 393 g/mol. The third-order valence-electron chi connectivity index (χ3n) is 5.31. The van der Waals surface area contributed by atoms with E-state index in [0.29, 0.717) is 21.5 Å². The Hall–Kier alpha value is -2.04. The lowest BCUT2D eigenvalue weighted by atomic mass is 9.79. The fourth-order valence-electron chi connectivity index (χ4n) is 4.08. The molecule has 3 rings (SSSR count). The van der Waals surface area contributed by atoms with Gasteiger partial charge in [-0.15, -0.1) is 0 Å². The van der Waals surface area contributed by atoms with Gasteiger partial charge in [-0.3, -0.25) is 4.79 Å². The number of fused-ring (bicyclic) bond motifs is 1. The first-order valence-electron chi connectivity index (χ1n) is 9.43. The van der Waals surface area contributed by atoms with Gasteiger partial charge in [-0.1, -0.05) is 42.3 Å². The minimum Gasteiger partial charge on any atom is -0.366 e. The van der Waals surface area contributed by atoms with E-state index in [1.165, 1.54) is 11.3 Å². The number of carbonyl (C=O) groups is 1. The number of rotatable bonds is 4. The van der Waals surface area contributed by atoms with Crippen LogP contribution >= 0.6 is 23.2 Å². The summed E-state index contributed by atoms with van der Waals surface area (Å²) in [6, 6.07) is 10.9. The maximum absolute atomic E-state index is 12.2. The van der Waals surface area contributed by atoms with Crippen LogP contribution in [0.5, 0.6) is 0 Å². The first kappa shape index (κ1) is 20.7. The van der Waals surface area contributed by atoms with Gasteiger partial charge in [0.1, 0.15) is 0 Å². The van der Waals surface area contributed by atoms with E-state index >= 15 is 0 Å². The van der Waals surface area contributed by atoms with Gasteiger partial charge in [-0.05, 0) is 62.9 Å². The van der Waals surface area contributed by atoms with E-state index in [0.717, 1.165) is 18.5 Å². The van der Waals surface area contributed by atoms with Crippen LogP contribution in [-0.2, 0) is 0 Å². The number of hydrogen-bond donors (Lipinski definition) is 1. The number of benzene rings is 2. The summed E-state index contributed by atoms with van der Waals surface area (Å²) in [7, 11) is 0. The number of hydrogen-bond acceptors (Lipinski definition) is 3. The number of anilines is 1. The summed E-state index contributed by atoms with van der Waals surface area (Å²) in [5.41, 5.74) is 6.19. The number of amides is 1. The van der Waals surface area contributed by atoms with Crippen molar-refractivity contribution in [2.45, 2.75) is 45.6 Å². The minimum absolute atomic E-state index is 0.0863. The van der Waals surface area contributed by atoms with Crippen molar-refractivity contribution in [1.29, 1.82) is 0 Å². The van der Waals surface area contributed by atoms with Gasteiger partial charge in [0, 0.05) is 23.3 Å². The molecule has 0 fully saturated rings. The predicted octanol–water partition coefficient (Wildman–Crippen LogP) is 5.87. The van der Waals surface area contributed by atoms with E-state index in [1.54, 1.807) is 30.5 Å². The number of nitrogens with one attached hydrogen (secondary N) is 1. The number of nitrogens with zero attached hydrogens (tertiary/aromatic N) is 2. The standard InChI is InChI=1S/C22H25Cl2N3O/c1-5-27-20-11-19(24)15(10-17(20)14(2)12-22(27,3)4)13-25-26-21(28)16-8-6-7-9-18(16)23/h6-11,13-14H,5,12H2,1-4H3,(H,26,28)/b25-13-. The fraction of sp³-hybridized carbons (Fsp3) is 0.364. The van der Waals surface area contributed by atoms with Gasteiger partial charge in [0.15, 0.2) is 0 Å². The zero-order valence-corrected chi connectivity index (χ0v) is 18.1. The minimum atomic E-state index is -0.358. The van der Waals surface area contributed by atoms with Gasteiger partial charge in [0.2, 0.25) is 0 Å². The molecule has 148 valence electrons. The summed E-state index contributed by atoms with van der Waals surface area (Å²) in [6.45, 7) is 9.86. The van der Waals surface area contributed by atoms with Crippen LogP contribution in [0, 0.1) is 0 Å². The normalized spacial score (nSPS) is 18.2. The molecule has 0 spiro atoms. The topological polar surface area (TPSA) is 44.7 Å². The van der Waals surface area contributed by atoms with Crippen LogP contribution in [-0.4, -0.2) is 24.2 Å². The number of hydrazone groups is 1. The molecule has 0 bridgehead atoms. The smallest absolute Gasteiger partial charge is 0.272 e. The Morgan fingerprint density at radius 1 is 1.29 bits per heavy atom. The van der Waals surface area contributed by atoms with E-state index < -0.39 is 0 Å². The summed E-state index contributed by atoms with van der Waals surface area (Å²) < 4.78 is 0. The van der Waals surface area contributed by atoms with Crippen LogP contribution in [0.1, 0.15) is 61.5 Å². The van der Waals surface area contributed by atoms with Crippen LogP contribution in [0.15, 0.2) is 41.5 Å². The van der Waals surface area contributed by atoms with Crippen molar-refractivity contribution in [2.24, 2.45) is 5.10 Å². The summed E-state index contributed by atoms with van der Waals surface area (Å²) in [5, 5.41) is 5.08. The summed E-state index contributed by atoms with van der Waals surface area (Å²) >= 11 is 12.6. The van der Waals surface area contributed by atoms with Gasteiger partial charge in [0.25, 0.3) is 5.91 Å². The van der Waals surface area contributed by atoms with Gasteiger partial charge >= 0.3 is 0 Å². The molecule has 0 aromatic heterocycles. The van der Waals surface area contributed by atoms with E-state index in [2.05, 4.69) is 49.2 Å². The first-order valence-corrected chi connectivity index (χ1v) is 10.2. The van der Waals surface area contributed by atoms with E-state index in [4.69, 9.17) is 23.2 Å². The molecule has 1 amide bonds. The molecule has 2 aromatic rings. The lowest BCUT2D eigenvalue weighted by molar-refractivity contribution is 0.0955. The first-order chi connectivity index (χ1) is 13.2. The molecule has 1 aliphatic heterocycles. The Kier molecular flexibility index (Phi) is 6.01. The van der Waals surface area contributed by atoms with Crippen molar-refractivity contribution >= 4 is 41.0 Å². The molecule has 2 aromatic carbocycles. The van der Waals surface area contributed by atoms with Gasteiger partial charge in [-0.2, -0.15) is 5.10 Å². The van der Waals surface area contributed by atoms with E-state index in [-0.39, 0.29) is 11.4 Å². The third kappa shape index (κ3) is 4.03. The number of halogens is 2. The van der Waals surface area contributed by atoms with E-state index in [9.17, 15) is 4.79 Å². The second kappa shape index (κ2) is 8.14. The Bertz CT molecular complexity index is 924. The highest BCUT2D eigenvalue weighted by atomic mass is 35.5. The highest BCUT2D eigenvalue weighted by Crippen LogP contribution is 2.44. The Labute approximate surface area is 176 Å². The van der Waals surface area contributed by atoms with Crippen molar-refractivity contribution in [1.82, 2.24) is 5.43 Å². The second-order valence-electron chi connectivity index (χ2n) is 7.77. The average Bonchev–Trinajstić information content (AvgIpc) is 2.62. The number of carbonyl (C=O) groups excluding carboxylic acids is 1. The van der Waals surface area contributed by atoms with Crippen LogP contribution in [0.3, 0.4) is 0 Å². The van der Waals surface area contributed by atoms with Crippen molar-refractivity contribution in [2.75, 3.05) is 11.4 Å². The zero-order valence-electron chi connectivity index (χ0n) is 16.6. The SMILES string of the molecule is CCN1c2cc(Cl)c(/C=N\NC(=O)c3ccccc3Cl)cc2C(C)CC1(C)C. The Morgan fingerprint density at radius 2 is 2.00 bits per heavy atom. The average molecular weight is 418 g/mol. The second-order valence-corrected chi connectivity index (χ2v) is 8.59. The molecule has 6 heteroatoms. The van der Waals surface area contributed by atoms with Crippen LogP contribution < -0.4 is 10.3 Å². The molecule has 1 heterocycles. The molecule has 4 nitrogen and oxygen atoms in total. The van der Waals surface area contributed by atoms with E-state index in [1.807, 2.05) is 6.07 Å². The lowest BCUT2D eigenvalue weighted by Gasteiger charge is -2.47. The third-order valence-corrected chi connectivity index (χ3v) is 5.97. The van der Waals surface area contributed by atoms with Crippen molar-refractivity contribution in [3.05, 3.63) is 63.1 Å². The molecule has 1 atom stereocenters. The van der Waals surface area contributed by atoms with Crippen molar-refractivity contribution < 1.29 is 4.79 Å². The Morgan fingerprint density at radius 3 is 2.68 bits per heavy atom. The van der Waals surface area contributed by atoms with Crippen molar-refractivity contribution in [3.63, 3.8) is 0 Å². The monoisotopic (exact) mass is 417 g/mol. The molecule has 1 N–H and O–H groups in total. The largest absolute Gasteiger partial charge is 0.366 e. The van der Waals surface area contributed by atoms with Crippen molar-refractivity contribution in [3.8, 4) is 0 Å². The molecule has 1 aliphatic rings. The molecule has 0 saturated carbocycles. The van der Waals surface area contributed by atoms with Gasteiger partial charge in [-0.25, -0.2) is 5.43 Å². The maximum Gasteiger partial charge on any atom is 0.272 e. The lowest BCUT2D eigenvalue weighted by Crippen LogP contribution is -2.48. The summed E-state index contributed by atoms with van der Waals surface area (Å²) in [4.78, 5) is 14.6. The molecule has 1 unspecified atom stereocenters.